The van der Waals surface area contributed by atoms with Crippen molar-refractivity contribution in [3.63, 3.8) is 0 Å². The van der Waals surface area contributed by atoms with E-state index in [9.17, 15) is 4.39 Å². The highest BCUT2D eigenvalue weighted by atomic mass is 79.9. The van der Waals surface area contributed by atoms with Gasteiger partial charge in [0.15, 0.2) is 0 Å². The van der Waals surface area contributed by atoms with Gasteiger partial charge in [-0.1, -0.05) is 15.9 Å². The summed E-state index contributed by atoms with van der Waals surface area (Å²) >= 11 is 6.58. The molecule has 0 amide bonds. The highest BCUT2D eigenvalue weighted by Crippen LogP contribution is 2.30. The zero-order chi connectivity index (χ0) is 13.8. The zero-order valence-corrected chi connectivity index (χ0v) is 13.4. The molecule has 2 aromatic carbocycles. The standard InChI is InChI=1S/C14H12Br2FNO/c1-18-8-9-6-10(15)2-5-14(9)19-11-3-4-13(17)12(16)7-11/h2-7,18H,8H2,1H3. The second-order valence-electron chi connectivity index (χ2n) is 3.96. The molecule has 2 aromatic rings. The molecule has 2 rings (SSSR count). The third-order valence-corrected chi connectivity index (χ3v) is 3.61. The average molecular weight is 389 g/mol. The Morgan fingerprint density at radius 1 is 1.16 bits per heavy atom. The first-order chi connectivity index (χ1) is 9.10. The second kappa shape index (κ2) is 6.50. The summed E-state index contributed by atoms with van der Waals surface area (Å²) in [6.45, 7) is 0.692. The molecule has 0 aliphatic heterocycles. The molecule has 0 saturated heterocycles. The molecule has 19 heavy (non-hydrogen) atoms. The molecule has 0 fully saturated rings. The molecule has 5 heteroatoms. The molecule has 0 unspecified atom stereocenters. The molecule has 0 atom stereocenters. The minimum atomic E-state index is -0.307. The van der Waals surface area contributed by atoms with Crippen LogP contribution in [-0.4, -0.2) is 7.05 Å². The highest BCUT2D eigenvalue weighted by molar-refractivity contribution is 9.10. The van der Waals surface area contributed by atoms with Crippen LogP contribution >= 0.6 is 31.9 Å². The van der Waals surface area contributed by atoms with Crippen LogP contribution in [0.15, 0.2) is 45.3 Å². The monoisotopic (exact) mass is 387 g/mol. The topological polar surface area (TPSA) is 21.3 Å². The maximum absolute atomic E-state index is 13.2. The van der Waals surface area contributed by atoms with Crippen molar-refractivity contribution in [3.05, 3.63) is 56.7 Å². The molecule has 0 aliphatic carbocycles. The largest absolute Gasteiger partial charge is 0.457 e. The van der Waals surface area contributed by atoms with Crippen molar-refractivity contribution in [1.29, 1.82) is 0 Å². The lowest BCUT2D eigenvalue weighted by molar-refractivity contribution is 0.471. The normalized spacial score (nSPS) is 10.5. The van der Waals surface area contributed by atoms with Crippen molar-refractivity contribution >= 4 is 31.9 Å². The predicted molar refractivity (Wildman–Crippen MR) is 81.1 cm³/mol. The fourth-order valence-electron chi connectivity index (χ4n) is 1.64. The quantitative estimate of drug-likeness (QED) is 0.807. The lowest BCUT2D eigenvalue weighted by Crippen LogP contribution is -2.06. The van der Waals surface area contributed by atoms with Gasteiger partial charge in [-0.3, -0.25) is 0 Å². The Morgan fingerprint density at radius 2 is 1.95 bits per heavy atom. The number of hydrogen-bond donors (Lipinski definition) is 1. The number of ether oxygens (including phenoxy) is 1. The summed E-state index contributed by atoms with van der Waals surface area (Å²) in [7, 11) is 1.87. The van der Waals surface area contributed by atoms with Gasteiger partial charge in [-0.05, 0) is 59.4 Å². The SMILES string of the molecule is CNCc1cc(Br)ccc1Oc1ccc(F)c(Br)c1. The van der Waals surface area contributed by atoms with E-state index in [4.69, 9.17) is 4.74 Å². The Kier molecular flexibility index (Phi) is 4.96. The summed E-state index contributed by atoms with van der Waals surface area (Å²) in [4.78, 5) is 0. The van der Waals surface area contributed by atoms with E-state index in [2.05, 4.69) is 37.2 Å². The van der Waals surface area contributed by atoms with Crippen LogP contribution in [0.3, 0.4) is 0 Å². The lowest BCUT2D eigenvalue weighted by atomic mass is 10.2. The Morgan fingerprint density at radius 3 is 2.63 bits per heavy atom. The van der Waals surface area contributed by atoms with Gasteiger partial charge in [-0.15, -0.1) is 0 Å². The van der Waals surface area contributed by atoms with Crippen molar-refractivity contribution in [2.75, 3.05) is 7.05 Å². The van der Waals surface area contributed by atoms with Crippen molar-refractivity contribution in [1.82, 2.24) is 5.32 Å². The van der Waals surface area contributed by atoms with Crippen LogP contribution in [-0.2, 0) is 6.54 Å². The number of halogens is 3. The predicted octanol–water partition coefficient (Wildman–Crippen LogP) is 4.86. The van der Waals surface area contributed by atoms with E-state index in [-0.39, 0.29) is 5.82 Å². The van der Waals surface area contributed by atoms with Crippen LogP contribution in [0.2, 0.25) is 0 Å². The fourth-order valence-corrected chi connectivity index (χ4v) is 2.41. The van der Waals surface area contributed by atoms with E-state index in [0.717, 1.165) is 15.8 Å². The third-order valence-electron chi connectivity index (χ3n) is 2.51. The smallest absolute Gasteiger partial charge is 0.137 e. The van der Waals surface area contributed by atoms with Crippen molar-refractivity contribution in [2.24, 2.45) is 0 Å². The van der Waals surface area contributed by atoms with E-state index >= 15 is 0 Å². The number of benzene rings is 2. The van der Waals surface area contributed by atoms with Crippen molar-refractivity contribution < 1.29 is 9.13 Å². The molecule has 100 valence electrons. The molecule has 0 heterocycles. The zero-order valence-electron chi connectivity index (χ0n) is 10.2. The van der Waals surface area contributed by atoms with Gasteiger partial charge in [0.1, 0.15) is 17.3 Å². The van der Waals surface area contributed by atoms with Gasteiger partial charge in [0.05, 0.1) is 4.47 Å². The molecular weight excluding hydrogens is 377 g/mol. The van der Waals surface area contributed by atoms with Crippen molar-refractivity contribution in [2.45, 2.75) is 6.54 Å². The van der Waals surface area contributed by atoms with Gasteiger partial charge in [0.2, 0.25) is 0 Å². The summed E-state index contributed by atoms with van der Waals surface area (Å²) in [6.07, 6.45) is 0. The Hall–Kier alpha value is -0.910. The van der Waals surface area contributed by atoms with Crippen LogP contribution < -0.4 is 10.1 Å². The minimum Gasteiger partial charge on any atom is -0.457 e. The van der Waals surface area contributed by atoms with Gasteiger partial charge in [-0.25, -0.2) is 4.39 Å². The summed E-state index contributed by atoms with van der Waals surface area (Å²) < 4.78 is 20.3. The molecule has 0 aliphatic rings. The summed E-state index contributed by atoms with van der Waals surface area (Å²) in [5, 5.41) is 3.09. The molecular formula is C14H12Br2FNO. The van der Waals surface area contributed by atoms with E-state index in [1.54, 1.807) is 12.1 Å². The number of nitrogens with one attached hydrogen (secondary N) is 1. The number of rotatable bonds is 4. The van der Waals surface area contributed by atoms with Gasteiger partial charge in [0, 0.05) is 16.6 Å². The van der Waals surface area contributed by atoms with E-state index in [1.807, 2.05) is 25.2 Å². The first-order valence-corrected chi connectivity index (χ1v) is 7.24. The van der Waals surface area contributed by atoms with Crippen LogP contribution in [0, 0.1) is 5.82 Å². The molecule has 0 spiro atoms. The molecule has 0 aromatic heterocycles. The Balaban J connectivity index is 2.29. The second-order valence-corrected chi connectivity index (χ2v) is 5.73. The van der Waals surface area contributed by atoms with Crippen LogP contribution in [0.1, 0.15) is 5.56 Å². The molecule has 0 bridgehead atoms. The molecule has 0 saturated carbocycles. The third kappa shape index (κ3) is 3.78. The average Bonchev–Trinajstić information content (AvgIpc) is 2.37. The highest BCUT2D eigenvalue weighted by Gasteiger charge is 2.07. The first-order valence-electron chi connectivity index (χ1n) is 5.66. The number of hydrogen-bond acceptors (Lipinski definition) is 2. The maximum atomic E-state index is 13.2. The van der Waals surface area contributed by atoms with Crippen LogP contribution in [0.5, 0.6) is 11.5 Å². The molecule has 1 N–H and O–H groups in total. The Labute approximate surface area is 128 Å². The Bertz CT molecular complexity index is 590. The molecule has 2 nitrogen and oxygen atoms in total. The van der Waals surface area contributed by atoms with Gasteiger partial charge in [-0.2, -0.15) is 0 Å². The van der Waals surface area contributed by atoms with Gasteiger partial charge in [0.25, 0.3) is 0 Å². The van der Waals surface area contributed by atoms with E-state index in [1.165, 1.54) is 6.07 Å². The first kappa shape index (κ1) is 14.5. The molecule has 0 radical (unpaired) electrons. The fraction of sp³-hybridized carbons (Fsp3) is 0.143. The summed E-state index contributed by atoms with van der Waals surface area (Å²) in [6, 6.07) is 10.4. The van der Waals surface area contributed by atoms with Gasteiger partial charge < -0.3 is 10.1 Å². The van der Waals surface area contributed by atoms with Crippen LogP contribution in [0.25, 0.3) is 0 Å². The van der Waals surface area contributed by atoms with E-state index in [0.29, 0.717) is 16.8 Å². The van der Waals surface area contributed by atoms with Crippen molar-refractivity contribution in [3.8, 4) is 11.5 Å². The summed E-state index contributed by atoms with van der Waals surface area (Å²) in [5.74, 6) is 1.03. The maximum Gasteiger partial charge on any atom is 0.137 e. The van der Waals surface area contributed by atoms with E-state index < -0.39 is 0 Å². The van der Waals surface area contributed by atoms with Gasteiger partial charge >= 0.3 is 0 Å². The lowest BCUT2D eigenvalue weighted by Gasteiger charge is -2.12. The summed E-state index contributed by atoms with van der Waals surface area (Å²) in [5.41, 5.74) is 1.03. The van der Waals surface area contributed by atoms with Crippen LogP contribution in [0.4, 0.5) is 4.39 Å². The minimum absolute atomic E-state index is 0.307.